The number of hydrogen-bond acceptors (Lipinski definition) is 3. The largest absolute Gasteiger partial charge is 0.381 e. The van der Waals surface area contributed by atoms with E-state index in [4.69, 9.17) is 9.47 Å². The summed E-state index contributed by atoms with van der Waals surface area (Å²) in [5.74, 6) is 0.832. The van der Waals surface area contributed by atoms with Gasteiger partial charge in [0.1, 0.15) is 0 Å². The summed E-state index contributed by atoms with van der Waals surface area (Å²) < 4.78 is 11.2. The van der Waals surface area contributed by atoms with Crippen molar-refractivity contribution < 1.29 is 9.47 Å². The Morgan fingerprint density at radius 1 is 1.12 bits per heavy atom. The van der Waals surface area contributed by atoms with Crippen LogP contribution in [0.4, 0.5) is 0 Å². The van der Waals surface area contributed by atoms with Crippen molar-refractivity contribution in [3.05, 3.63) is 0 Å². The Hall–Kier alpha value is -0.120. The van der Waals surface area contributed by atoms with Crippen molar-refractivity contribution in [1.82, 2.24) is 5.32 Å². The first-order valence-electron chi connectivity index (χ1n) is 7.13. The molecule has 0 aromatic carbocycles. The zero-order valence-electron chi connectivity index (χ0n) is 11.0. The molecule has 98 valence electrons. The van der Waals surface area contributed by atoms with Gasteiger partial charge in [0.15, 0.2) is 0 Å². The van der Waals surface area contributed by atoms with Gasteiger partial charge in [-0.1, -0.05) is 6.42 Å². The first-order chi connectivity index (χ1) is 8.33. The minimum Gasteiger partial charge on any atom is -0.381 e. The van der Waals surface area contributed by atoms with Gasteiger partial charge in [-0.3, -0.25) is 0 Å². The molecule has 3 rings (SSSR count). The zero-order valence-corrected chi connectivity index (χ0v) is 11.0. The molecule has 1 saturated carbocycles. The maximum atomic E-state index is 5.65. The fourth-order valence-corrected chi connectivity index (χ4v) is 4.34. The highest BCUT2D eigenvalue weighted by Gasteiger charge is 2.61. The third-order valence-electron chi connectivity index (χ3n) is 5.60. The summed E-state index contributed by atoms with van der Waals surface area (Å²) in [4.78, 5) is 0. The van der Waals surface area contributed by atoms with Crippen LogP contribution in [0.5, 0.6) is 0 Å². The van der Waals surface area contributed by atoms with Crippen LogP contribution in [0.2, 0.25) is 0 Å². The topological polar surface area (TPSA) is 30.5 Å². The molecule has 2 heterocycles. The molecular weight excluding hydrogens is 214 g/mol. The van der Waals surface area contributed by atoms with E-state index in [1.54, 1.807) is 0 Å². The fourth-order valence-electron chi connectivity index (χ4n) is 4.34. The van der Waals surface area contributed by atoms with Gasteiger partial charge in [0.25, 0.3) is 0 Å². The van der Waals surface area contributed by atoms with Crippen LogP contribution in [0.1, 0.15) is 32.1 Å². The SMILES string of the molecule is CNCC1(C2(C3CCOCC3)COC2)CCC1. The molecule has 2 saturated heterocycles. The third kappa shape index (κ3) is 1.66. The molecule has 0 spiro atoms. The molecule has 0 radical (unpaired) electrons. The minimum atomic E-state index is 0.470. The molecule has 0 aromatic rings. The number of rotatable bonds is 4. The van der Waals surface area contributed by atoms with Crippen LogP contribution in [0.25, 0.3) is 0 Å². The van der Waals surface area contributed by atoms with Gasteiger partial charge in [-0.2, -0.15) is 0 Å². The van der Waals surface area contributed by atoms with E-state index in [0.29, 0.717) is 10.8 Å². The number of nitrogens with one attached hydrogen (secondary N) is 1. The van der Waals surface area contributed by atoms with Crippen LogP contribution >= 0.6 is 0 Å². The highest BCUT2D eigenvalue weighted by molar-refractivity contribution is 5.10. The van der Waals surface area contributed by atoms with Gasteiger partial charge in [0.2, 0.25) is 0 Å². The minimum absolute atomic E-state index is 0.470. The van der Waals surface area contributed by atoms with Crippen molar-refractivity contribution in [3.63, 3.8) is 0 Å². The van der Waals surface area contributed by atoms with Crippen LogP contribution in [-0.4, -0.2) is 40.0 Å². The lowest BCUT2D eigenvalue weighted by Gasteiger charge is -2.64. The summed E-state index contributed by atoms with van der Waals surface area (Å²) in [6.07, 6.45) is 6.69. The molecule has 17 heavy (non-hydrogen) atoms. The molecule has 0 unspecified atom stereocenters. The molecule has 2 aliphatic heterocycles. The van der Waals surface area contributed by atoms with Gasteiger partial charge >= 0.3 is 0 Å². The third-order valence-corrected chi connectivity index (χ3v) is 5.60. The van der Waals surface area contributed by atoms with Crippen molar-refractivity contribution in [3.8, 4) is 0 Å². The summed E-state index contributed by atoms with van der Waals surface area (Å²) >= 11 is 0. The van der Waals surface area contributed by atoms with Crippen LogP contribution in [0.3, 0.4) is 0 Å². The van der Waals surface area contributed by atoms with Crippen molar-refractivity contribution in [2.24, 2.45) is 16.7 Å². The van der Waals surface area contributed by atoms with Gasteiger partial charge in [0, 0.05) is 25.2 Å². The molecule has 3 aliphatic rings. The Bertz CT molecular complexity index is 265. The smallest absolute Gasteiger partial charge is 0.0553 e. The maximum Gasteiger partial charge on any atom is 0.0553 e. The summed E-state index contributed by atoms with van der Waals surface area (Å²) in [6.45, 7) is 5.09. The summed E-state index contributed by atoms with van der Waals surface area (Å²) in [6, 6.07) is 0. The molecular formula is C14H25NO2. The molecule has 3 nitrogen and oxygen atoms in total. The molecule has 0 bridgehead atoms. The van der Waals surface area contributed by atoms with Crippen LogP contribution in [0, 0.1) is 16.7 Å². The highest BCUT2D eigenvalue weighted by Crippen LogP contribution is 2.62. The van der Waals surface area contributed by atoms with Crippen LogP contribution in [-0.2, 0) is 9.47 Å². The van der Waals surface area contributed by atoms with Gasteiger partial charge in [-0.15, -0.1) is 0 Å². The molecule has 3 fully saturated rings. The van der Waals surface area contributed by atoms with Gasteiger partial charge in [-0.05, 0) is 44.1 Å². The monoisotopic (exact) mass is 239 g/mol. The van der Waals surface area contributed by atoms with Crippen molar-refractivity contribution in [2.75, 3.05) is 40.0 Å². The average Bonchev–Trinajstić information content (AvgIpc) is 2.25. The number of ether oxygens (including phenoxy) is 2. The summed E-state index contributed by atoms with van der Waals surface area (Å²) in [5, 5.41) is 3.44. The fraction of sp³-hybridized carbons (Fsp3) is 1.00. The first kappa shape index (κ1) is 11.9. The van der Waals surface area contributed by atoms with Crippen molar-refractivity contribution in [2.45, 2.75) is 32.1 Å². The molecule has 0 atom stereocenters. The summed E-state index contributed by atoms with van der Waals surface area (Å²) in [5.41, 5.74) is 1.00. The van der Waals surface area contributed by atoms with E-state index in [1.807, 2.05) is 0 Å². The Balaban J connectivity index is 1.79. The lowest BCUT2D eigenvalue weighted by molar-refractivity contribution is -0.247. The van der Waals surface area contributed by atoms with Crippen molar-refractivity contribution >= 4 is 0 Å². The van der Waals surface area contributed by atoms with E-state index >= 15 is 0 Å². The van der Waals surface area contributed by atoms with Gasteiger partial charge in [0.05, 0.1) is 13.2 Å². The zero-order chi connectivity index (χ0) is 11.8. The van der Waals surface area contributed by atoms with Gasteiger partial charge in [-0.25, -0.2) is 0 Å². The average molecular weight is 239 g/mol. The van der Waals surface area contributed by atoms with Crippen molar-refractivity contribution in [1.29, 1.82) is 0 Å². The van der Waals surface area contributed by atoms with E-state index in [0.717, 1.165) is 32.3 Å². The van der Waals surface area contributed by atoms with E-state index in [2.05, 4.69) is 12.4 Å². The van der Waals surface area contributed by atoms with E-state index in [9.17, 15) is 0 Å². The van der Waals surface area contributed by atoms with Crippen LogP contribution < -0.4 is 5.32 Å². The predicted molar refractivity (Wildman–Crippen MR) is 67.0 cm³/mol. The predicted octanol–water partition coefficient (Wildman–Crippen LogP) is 1.82. The van der Waals surface area contributed by atoms with E-state index in [-0.39, 0.29) is 0 Å². The Morgan fingerprint density at radius 3 is 2.24 bits per heavy atom. The Labute approximate surface area is 104 Å². The molecule has 1 N–H and O–H groups in total. The maximum absolute atomic E-state index is 5.65. The molecule has 0 aromatic heterocycles. The standard InChI is InChI=1S/C14H25NO2/c1-15-9-13(5-2-6-13)14(10-17-11-14)12-3-7-16-8-4-12/h12,15H,2-11H2,1H3. The second-order valence-electron chi connectivity index (χ2n) is 6.20. The molecule has 3 heteroatoms. The highest BCUT2D eigenvalue weighted by atomic mass is 16.5. The number of hydrogen-bond donors (Lipinski definition) is 1. The van der Waals surface area contributed by atoms with Gasteiger partial charge < -0.3 is 14.8 Å². The normalized spacial score (nSPS) is 31.6. The van der Waals surface area contributed by atoms with Crippen LogP contribution in [0.15, 0.2) is 0 Å². The molecule has 0 amide bonds. The quantitative estimate of drug-likeness (QED) is 0.812. The lowest BCUT2D eigenvalue weighted by atomic mass is 9.47. The van der Waals surface area contributed by atoms with E-state index in [1.165, 1.54) is 38.6 Å². The second kappa shape index (κ2) is 4.52. The van der Waals surface area contributed by atoms with E-state index < -0.39 is 0 Å². The lowest BCUT2D eigenvalue weighted by Crippen LogP contribution is -2.65. The Kier molecular flexibility index (Phi) is 3.18. The summed E-state index contributed by atoms with van der Waals surface area (Å²) in [7, 11) is 2.09. The first-order valence-corrected chi connectivity index (χ1v) is 7.13. The molecule has 1 aliphatic carbocycles. The second-order valence-corrected chi connectivity index (χ2v) is 6.20. The Morgan fingerprint density at radius 2 is 1.82 bits per heavy atom.